The number of aryl methyl sites for hydroxylation is 2. The van der Waals surface area contributed by atoms with Crippen molar-refractivity contribution in [1.29, 1.82) is 0 Å². The second-order valence-electron chi connectivity index (χ2n) is 5.82. The molecule has 0 saturated carbocycles. The Kier molecular flexibility index (Phi) is 5.68. The topological polar surface area (TPSA) is 49.4 Å². The number of likely N-dealkylation sites (N-methyl/N-ethyl adjacent to an activating group) is 1. The van der Waals surface area contributed by atoms with Gasteiger partial charge >= 0.3 is 0 Å². The average Bonchev–Trinajstić information content (AvgIpc) is 2.56. The molecule has 0 aliphatic carbocycles. The normalized spacial score (nSPS) is 10.3. The first kappa shape index (κ1) is 17.7. The molecule has 24 heavy (non-hydrogen) atoms. The molecule has 0 aromatic heterocycles. The van der Waals surface area contributed by atoms with Crippen molar-refractivity contribution < 1.29 is 14.0 Å². The van der Waals surface area contributed by atoms with Crippen molar-refractivity contribution in [2.75, 3.05) is 13.6 Å². The second kappa shape index (κ2) is 7.73. The molecule has 0 aliphatic rings. The van der Waals surface area contributed by atoms with Gasteiger partial charge in [0.15, 0.2) is 0 Å². The van der Waals surface area contributed by atoms with E-state index in [-0.39, 0.29) is 30.7 Å². The Bertz CT molecular complexity index is 759. The molecule has 0 bridgehead atoms. The van der Waals surface area contributed by atoms with Gasteiger partial charge in [0.05, 0.1) is 6.54 Å². The van der Waals surface area contributed by atoms with E-state index >= 15 is 0 Å². The van der Waals surface area contributed by atoms with Crippen LogP contribution in [0.1, 0.15) is 27.0 Å². The number of carbonyl (C=O) groups is 2. The van der Waals surface area contributed by atoms with Gasteiger partial charge in [0, 0.05) is 24.7 Å². The van der Waals surface area contributed by atoms with Gasteiger partial charge in [0.1, 0.15) is 5.82 Å². The van der Waals surface area contributed by atoms with Gasteiger partial charge < -0.3 is 10.2 Å². The minimum atomic E-state index is -0.351. The summed E-state index contributed by atoms with van der Waals surface area (Å²) in [5.74, 6) is -0.933. The molecule has 0 aliphatic heterocycles. The quantitative estimate of drug-likeness (QED) is 0.917. The molecule has 1 N–H and O–H groups in total. The van der Waals surface area contributed by atoms with Gasteiger partial charge in [0.2, 0.25) is 5.91 Å². The number of hydrogen-bond acceptors (Lipinski definition) is 2. The lowest BCUT2D eigenvalue weighted by molar-refractivity contribution is -0.129. The van der Waals surface area contributed by atoms with Crippen LogP contribution < -0.4 is 5.32 Å². The van der Waals surface area contributed by atoms with Crippen molar-refractivity contribution in [3.05, 3.63) is 70.5 Å². The molecule has 2 aromatic carbocycles. The van der Waals surface area contributed by atoms with E-state index in [9.17, 15) is 14.0 Å². The third-order valence-corrected chi connectivity index (χ3v) is 3.96. The Morgan fingerprint density at radius 2 is 1.79 bits per heavy atom. The smallest absolute Gasteiger partial charge is 0.251 e. The standard InChI is InChI=1S/C19H21FN2O2/c1-13-8-9-15(10-14(13)2)19(24)21-11-18(23)22(3)12-16-6-4-5-7-17(16)20/h4-10H,11-12H2,1-3H3,(H,21,24). The Morgan fingerprint density at radius 1 is 1.08 bits per heavy atom. The van der Waals surface area contributed by atoms with Gasteiger partial charge in [-0.2, -0.15) is 0 Å². The Morgan fingerprint density at radius 3 is 2.46 bits per heavy atom. The molecular weight excluding hydrogens is 307 g/mol. The zero-order valence-corrected chi connectivity index (χ0v) is 14.1. The lowest BCUT2D eigenvalue weighted by Crippen LogP contribution is -2.38. The highest BCUT2D eigenvalue weighted by Crippen LogP contribution is 2.10. The summed E-state index contributed by atoms with van der Waals surface area (Å²) in [4.78, 5) is 25.6. The number of nitrogens with zero attached hydrogens (tertiary/aromatic N) is 1. The SMILES string of the molecule is Cc1ccc(C(=O)NCC(=O)N(C)Cc2ccccc2F)cc1C. The summed E-state index contributed by atoms with van der Waals surface area (Å²) in [6.45, 7) is 3.93. The van der Waals surface area contributed by atoms with E-state index in [1.54, 1.807) is 37.4 Å². The molecule has 0 radical (unpaired) electrons. The number of carbonyl (C=O) groups excluding carboxylic acids is 2. The monoisotopic (exact) mass is 328 g/mol. The highest BCUT2D eigenvalue weighted by molar-refractivity contribution is 5.96. The van der Waals surface area contributed by atoms with E-state index in [1.165, 1.54) is 11.0 Å². The molecule has 4 nitrogen and oxygen atoms in total. The van der Waals surface area contributed by atoms with E-state index in [4.69, 9.17) is 0 Å². The van der Waals surface area contributed by atoms with Crippen LogP contribution in [-0.4, -0.2) is 30.3 Å². The van der Waals surface area contributed by atoms with Crippen molar-refractivity contribution in [2.24, 2.45) is 0 Å². The molecule has 0 atom stereocenters. The molecule has 0 fully saturated rings. The molecule has 0 unspecified atom stereocenters. The summed E-state index contributed by atoms with van der Waals surface area (Å²) in [6.07, 6.45) is 0. The highest BCUT2D eigenvalue weighted by atomic mass is 19.1. The van der Waals surface area contributed by atoms with Gasteiger partial charge in [-0.3, -0.25) is 9.59 Å². The zero-order valence-electron chi connectivity index (χ0n) is 14.1. The van der Waals surface area contributed by atoms with Crippen LogP contribution in [0.3, 0.4) is 0 Å². The highest BCUT2D eigenvalue weighted by Gasteiger charge is 2.13. The Hall–Kier alpha value is -2.69. The minimum Gasteiger partial charge on any atom is -0.343 e. The fraction of sp³-hybridized carbons (Fsp3) is 0.263. The number of halogens is 1. The fourth-order valence-corrected chi connectivity index (χ4v) is 2.25. The molecule has 0 spiro atoms. The van der Waals surface area contributed by atoms with Gasteiger partial charge in [-0.25, -0.2) is 4.39 Å². The van der Waals surface area contributed by atoms with Crippen LogP contribution in [0, 0.1) is 19.7 Å². The van der Waals surface area contributed by atoms with Crippen molar-refractivity contribution in [1.82, 2.24) is 10.2 Å². The number of hydrogen-bond donors (Lipinski definition) is 1. The van der Waals surface area contributed by atoms with E-state index in [0.29, 0.717) is 11.1 Å². The molecule has 0 heterocycles. The van der Waals surface area contributed by atoms with E-state index in [2.05, 4.69) is 5.32 Å². The van der Waals surface area contributed by atoms with Crippen molar-refractivity contribution in [2.45, 2.75) is 20.4 Å². The fourth-order valence-electron chi connectivity index (χ4n) is 2.25. The predicted octanol–water partition coefficient (Wildman–Crippen LogP) is 2.83. The van der Waals surface area contributed by atoms with Crippen LogP contribution in [0.25, 0.3) is 0 Å². The Balaban J connectivity index is 1.91. The maximum absolute atomic E-state index is 13.6. The summed E-state index contributed by atoms with van der Waals surface area (Å²) < 4.78 is 13.6. The van der Waals surface area contributed by atoms with E-state index in [1.807, 2.05) is 19.9 Å². The Labute approximate surface area is 141 Å². The number of amides is 2. The molecule has 2 aromatic rings. The van der Waals surface area contributed by atoms with Crippen LogP contribution in [0.5, 0.6) is 0 Å². The first-order chi connectivity index (χ1) is 11.4. The van der Waals surface area contributed by atoms with Gasteiger partial charge in [-0.1, -0.05) is 24.3 Å². The van der Waals surface area contributed by atoms with Crippen LogP contribution in [-0.2, 0) is 11.3 Å². The average molecular weight is 328 g/mol. The van der Waals surface area contributed by atoms with Crippen LogP contribution >= 0.6 is 0 Å². The number of nitrogens with one attached hydrogen (secondary N) is 1. The van der Waals surface area contributed by atoms with E-state index in [0.717, 1.165) is 11.1 Å². The van der Waals surface area contributed by atoms with Gasteiger partial charge in [-0.05, 0) is 43.2 Å². The molecule has 2 amide bonds. The lowest BCUT2D eigenvalue weighted by Gasteiger charge is -2.18. The number of rotatable bonds is 5. The third-order valence-electron chi connectivity index (χ3n) is 3.96. The van der Waals surface area contributed by atoms with Crippen molar-refractivity contribution in [3.63, 3.8) is 0 Å². The summed E-state index contributed by atoms with van der Waals surface area (Å²) >= 11 is 0. The minimum absolute atomic E-state index is 0.128. The van der Waals surface area contributed by atoms with Crippen molar-refractivity contribution in [3.8, 4) is 0 Å². The maximum atomic E-state index is 13.6. The second-order valence-corrected chi connectivity index (χ2v) is 5.82. The molecule has 126 valence electrons. The maximum Gasteiger partial charge on any atom is 0.251 e. The van der Waals surface area contributed by atoms with Crippen LogP contribution in [0.2, 0.25) is 0 Å². The van der Waals surface area contributed by atoms with Gasteiger partial charge in [-0.15, -0.1) is 0 Å². The summed E-state index contributed by atoms with van der Waals surface area (Å²) in [5.41, 5.74) is 3.08. The predicted molar refractivity (Wildman–Crippen MR) is 91.1 cm³/mol. The largest absolute Gasteiger partial charge is 0.343 e. The lowest BCUT2D eigenvalue weighted by atomic mass is 10.1. The zero-order chi connectivity index (χ0) is 17.7. The van der Waals surface area contributed by atoms with Crippen LogP contribution in [0.15, 0.2) is 42.5 Å². The molecule has 2 rings (SSSR count). The first-order valence-electron chi connectivity index (χ1n) is 7.71. The van der Waals surface area contributed by atoms with Crippen LogP contribution in [0.4, 0.5) is 4.39 Å². The third kappa shape index (κ3) is 4.41. The summed E-state index contributed by atoms with van der Waals surface area (Å²) in [5, 5.41) is 2.60. The molecule has 5 heteroatoms. The summed E-state index contributed by atoms with van der Waals surface area (Å²) in [7, 11) is 1.58. The van der Waals surface area contributed by atoms with Gasteiger partial charge in [0.25, 0.3) is 5.91 Å². The first-order valence-corrected chi connectivity index (χ1v) is 7.71. The molecule has 0 saturated heterocycles. The number of benzene rings is 2. The van der Waals surface area contributed by atoms with Crippen molar-refractivity contribution >= 4 is 11.8 Å². The summed E-state index contributed by atoms with van der Waals surface area (Å²) in [6, 6.07) is 11.7. The van der Waals surface area contributed by atoms with E-state index < -0.39 is 0 Å². The molecular formula is C19H21FN2O2.